The molecule has 0 aliphatic rings. The number of carbonyl (C=O) groups excluding carboxylic acids is 1. The molecule has 0 spiro atoms. The summed E-state index contributed by atoms with van der Waals surface area (Å²) in [6.07, 6.45) is -0.0445. The molecule has 0 rings (SSSR count). The Hall–Kier alpha value is -0.760. The van der Waals surface area contributed by atoms with Crippen LogP contribution in [0.2, 0.25) is 0 Å². The van der Waals surface area contributed by atoms with Gasteiger partial charge < -0.3 is 25.2 Å². The largest absolute Gasteiger partial charge is 0.471 e. The highest BCUT2D eigenvalue weighted by Gasteiger charge is 2.29. The Morgan fingerprint density at radius 2 is 1.80 bits per heavy atom. The van der Waals surface area contributed by atoms with Crippen LogP contribution in [0.15, 0.2) is 12.2 Å². The van der Waals surface area contributed by atoms with Crippen LogP contribution in [0, 0.1) is 0 Å². The number of rotatable bonds is 6. The fraction of sp³-hybridized carbons (Fsp3) is 0.727. The van der Waals surface area contributed by atoms with Crippen molar-refractivity contribution in [2.75, 3.05) is 27.7 Å². The molecule has 0 radical (unpaired) electrons. The Balaban J connectivity index is 0. The second-order valence-electron chi connectivity index (χ2n) is 4.90. The minimum Gasteiger partial charge on any atom is -0.462 e. The van der Waals surface area contributed by atoms with Gasteiger partial charge in [-0.05, 0) is 35.0 Å². The summed E-state index contributed by atoms with van der Waals surface area (Å²) in [7, 11) is 1.35. The molecular weight excluding hydrogens is 287 g/mol. The molecule has 20 heavy (non-hydrogen) atoms. The van der Waals surface area contributed by atoms with Crippen molar-refractivity contribution in [3.63, 3.8) is 0 Å². The minimum absolute atomic E-state index is 0.0445. The monoisotopic (exact) mass is 312 g/mol. The molecule has 0 aromatic rings. The minimum atomic E-state index is -4.65. The number of esters is 1. The highest BCUT2D eigenvalue weighted by Crippen LogP contribution is 2.40. The molecule has 0 heterocycles. The summed E-state index contributed by atoms with van der Waals surface area (Å²) >= 11 is 0. The van der Waals surface area contributed by atoms with E-state index in [1.807, 2.05) is 26.0 Å². The molecule has 0 saturated carbocycles. The summed E-state index contributed by atoms with van der Waals surface area (Å²) in [6.45, 7) is 6.02. The smallest absolute Gasteiger partial charge is 0.462 e. The summed E-state index contributed by atoms with van der Waals surface area (Å²) in [6, 6.07) is 0. The van der Waals surface area contributed by atoms with Crippen LogP contribution in [0.1, 0.15) is 20.3 Å². The number of ether oxygens (including phenoxy) is 1. The summed E-state index contributed by atoms with van der Waals surface area (Å²) < 4.78 is 19.5. The second kappa shape index (κ2) is 9.23. The van der Waals surface area contributed by atoms with Crippen LogP contribution in [0.4, 0.5) is 0 Å². The average Bonchev–Trinajstić information content (AvgIpc) is 2.11. The van der Waals surface area contributed by atoms with E-state index in [1.165, 1.54) is 13.8 Å². The van der Waals surface area contributed by atoms with Crippen molar-refractivity contribution in [3.8, 4) is 0 Å². The van der Waals surface area contributed by atoms with Crippen molar-refractivity contribution in [2.45, 2.75) is 26.0 Å². The fourth-order valence-electron chi connectivity index (χ4n) is 0.787. The third kappa shape index (κ3) is 17.2. The predicted molar refractivity (Wildman–Crippen MR) is 75.7 cm³/mol. The van der Waals surface area contributed by atoms with E-state index in [1.54, 1.807) is 0 Å². The van der Waals surface area contributed by atoms with Gasteiger partial charge in [-0.1, -0.05) is 6.58 Å². The molecular formula is C11H25N2O6P. The van der Waals surface area contributed by atoms with E-state index in [0.29, 0.717) is 0 Å². The van der Waals surface area contributed by atoms with E-state index in [-0.39, 0.29) is 18.6 Å². The highest BCUT2D eigenvalue weighted by atomic mass is 31.2. The number of hydrogen-bond acceptors (Lipinski definition) is 6. The van der Waals surface area contributed by atoms with Crippen LogP contribution in [0.5, 0.6) is 0 Å². The summed E-state index contributed by atoms with van der Waals surface area (Å²) in [5.41, 5.74) is 4.11. The Labute approximate surface area is 119 Å². The zero-order chi connectivity index (χ0) is 16.6. The van der Waals surface area contributed by atoms with Crippen LogP contribution in [-0.4, -0.2) is 54.1 Å². The van der Waals surface area contributed by atoms with Crippen molar-refractivity contribution in [2.24, 2.45) is 5.73 Å². The van der Waals surface area contributed by atoms with E-state index in [4.69, 9.17) is 20.3 Å². The standard InChI is InChI=1S/C8H16NO6P.C3H9N/c1-6(2)7(10)14-5-4-8(3,9)15-16(11,12)13;1-4(2)3/h1,4-5,9H2,2-3H3,(H2,11,12,13);1-3H3. The van der Waals surface area contributed by atoms with Gasteiger partial charge in [0, 0.05) is 12.0 Å². The summed E-state index contributed by atoms with van der Waals surface area (Å²) in [5.74, 6) is -0.591. The Morgan fingerprint density at radius 3 is 2.10 bits per heavy atom. The zero-order valence-corrected chi connectivity index (χ0v) is 13.5. The number of phosphoric ester groups is 1. The van der Waals surface area contributed by atoms with Crippen LogP contribution in [0.25, 0.3) is 0 Å². The van der Waals surface area contributed by atoms with E-state index in [0.717, 1.165) is 0 Å². The van der Waals surface area contributed by atoms with Crippen LogP contribution < -0.4 is 5.73 Å². The van der Waals surface area contributed by atoms with Gasteiger partial charge in [-0.2, -0.15) is 0 Å². The third-order valence-electron chi connectivity index (χ3n) is 1.51. The zero-order valence-electron chi connectivity index (χ0n) is 12.6. The molecule has 0 bridgehead atoms. The molecule has 1 atom stereocenters. The van der Waals surface area contributed by atoms with Gasteiger partial charge in [-0.15, -0.1) is 0 Å². The Bertz CT molecular complexity index is 361. The third-order valence-corrected chi connectivity index (χ3v) is 2.16. The van der Waals surface area contributed by atoms with Crippen molar-refractivity contribution in [1.82, 2.24) is 4.90 Å². The number of nitrogens with zero attached hydrogens (tertiary/aromatic N) is 1. The molecule has 0 saturated heterocycles. The lowest BCUT2D eigenvalue weighted by molar-refractivity contribution is -0.140. The maximum atomic E-state index is 11.0. The maximum Gasteiger partial charge on any atom is 0.471 e. The lowest BCUT2D eigenvalue weighted by atomic mass is 10.2. The van der Waals surface area contributed by atoms with Crippen molar-refractivity contribution >= 4 is 13.8 Å². The quantitative estimate of drug-likeness (QED) is 0.280. The lowest BCUT2D eigenvalue weighted by Gasteiger charge is -2.24. The molecule has 0 aromatic carbocycles. The SMILES string of the molecule is C=C(C)C(=O)OCCC(C)(N)OP(=O)(O)O.CN(C)C. The predicted octanol–water partition coefficient (Wildman–Crippen LogP) is 0.458. The fourth-order valence-corrected chi connectivity index (χ4v) is 1.42. The topological polar surface area (TPSA) is 122 Å². The first-order valence-electron chi connectivity index (χ1n) is 5.75. The van der Waals surface area contributed by atoms with Crippen LogP contribution in [-0.2, 0) is 18.6 Å². The van der Waals surface area contributed by atoms with Gasteiger partial charge in [0.15, 0.2) is 0 Å². The van der Waals surface area contributed by atoms with Gasteiger partial charge in [-0.3, -0.25) is 4.52 Å². The number of carbonyl (C=O) groups is 1. The Kier molecular flexibility index (Phi) is 9.94. The molecule has 0 amide bonds. The van der Waals surface area contributed by atoms with E-state index in [2.05, 4.69) is 11.1 Å². The number of nitrogens with two attached hydrogens (primary N) is 1. The normalized spacial score (nSPS) is 14.1. The van der Waals surface area contributed by atoms with Crippen molar-refractivity contribution in [1.29, 1.82) is 0 Å². The van der Waals surface area contributed by atoms with Gasteiger partial charge in [0.2, 0.25) is 0 Å². The first-order chi connectivity index (χ1) is 8.77. The molecule has 9 heteroatoms. The van der Waals surface area contributed by atoms with Crippen LogP contribution in [0.3, 0.4) is 0 Å². The first kappa shape index (κ1) is 21.5. The summed E-state index contributed by atoms with van der Waals surface area (Å²) in [4.78, 5) is 30.0. The average molecular weight is 312 g/mol. The summed E-state index contributed by atoms with van der Waals surface area (Å²) in [5, 5.41) is 0. The van der Waals surface area contributed by atoms with Gasteiger partial charge >= 0.3 is 13.8 Å². The van der Waals surface area contributed by atoms with Gasteiger partial charge in [0.25, 0.3) is 0 Å². The molecule has 8 nitrogen and oxygen atoms in total. The first-order valence-corrected chi connectivity index (χ1v) is 7.28. The Morgan fingerprint density at radius 1 is 1.40 bits per heavy atom. The van der Waals surface area contributed by atoms with Crippen molar-refractivity contribution in [3.05, 3.63) is 12.2 Å². The van der Waals surface area contributed by atoms with Gasteiger partial charge in [-0.25, -0.2) is 9.36 Å². The molecule has 0 aromatic heterocycles. The lowest BCUT2D eigenvalue weighted by Crippen LogP contribution is -2.39. The second-order valence-corrected chi connectivity index (χ2v) is 6.07. The maximum absolute atomic E-state index is 11.0. The molecule has 0 aliphatic carbocycles. The van der Waals surface area contributed by atoms with E-state index in [9.17, 15) is 9.36 Å². The van der Waals surface area contributed by atoms with E-state index < -0.39 is 19.5 Å². The van der Waals surface area contributed by atoms with E-state index >= 15 is 0 Å². The van der Waals surface area contributed by atoms with Crippen LogP contribution >= 0.6 is 7.82 Å². The molecule has 0 aliphatic heterocycles. The van der Waals surface area contributed by atoms with Crippen molar-refractivity contribution < 1.29 is 28.4 Å². The highest BCUT2D eigenvalue weighted by molar-refractivity contribution is 7.46. The molecule has 1 unspecified atom stereocenters. The number of hydrogen-bond donors (Lipinski definition) is 3. The van der Waals surface area contributed by atoms with Gasteiger partial charge in [0.05, 0.1) is 6.61 Å². The number of phosphoric acid groups is 1. The molecule has 120 valence electrons. The molecule has 0 fully saturated rings. The molecule has 4 N–H and O–H groups in total. The van der Waals surface area contributed by atoms with Gasteiger partial charge in [0.1, 0.15) is 5.72 Å².